The minimum Gasteiger partial charge on any atom is -0.497 e. The Bertz CT molecular complexity index is 734. The van der Waals surface area contributed by atoms with Crippen LogP contribution >= 0.6 is 0 Å². The zero-order valence-electron chi connectivity index (χ0n) is 16.1. The number of piperidine rings is 1. The van der Waals surface area contributed by atoms with Gasteiger partial charge in [-0.25, -0.2) is 0 Å². The van der Waals surface area contributed by atoms with Gasteiger partial charge in [0, 0.05) is 6.54 Å². The van der Waals surface area contributed by atoms with Gasteiger partial charge in [0.2, 0.25) is 0 Å². The van der Waals surface area contributed by atoms with E-state index in [4.69, 9.17) is 4.74 Å². The summed E-state index contributed by atoms with van der Waals surface area (Å²) in [4.78, 5) is 1.85. The zero-order chi connectivity index (χ0) is 20.1. The van der Waals surface area contributed by atoms with Crippen LogP contribution in [0.2, 0.25) is 0 Å². The first kappa shape index (κ1) is 20.8. The summed E-state index contributed by atoms with van der Waals surface area (Å²) in [6, 6.07) is 15.8. The number of methoxy groups -OCH3 is 1. The van der Waals surface area contributed by atoms with Crippen LogP contribution in [0.3, 0.4) is 0 Å². The number of aliphatic hydroxyl groups is 4. The number of rotatable bonds is 7. The monoisotopic (exact) mass is 387 g/mol. The highest BCUT2D eigenvalue weighted by Gasteiger charge is 2.40. The van der Waals surface area contributed by atoms with Crippen molar-refractivity contribution in [3.05, 3.63) is 54.1 Å². The molecule has 1 heterocycles. The summed E-state index contributed by atoms with van der Waals surface area (Å²) in [5.74, 6) is 0.835. The van der Waals surface area contributed by atoms with E-state index in [2.05, 4.69) is 24.3 Å². The van der Waals surface area contributed by atoms with Crippen molar-refractivity contribution in [2.75, 3.05) is 26.8 Å². The molecule has 3 rings (SSSR count). The largest absolute Gasteiger partial charge is 0.497 e. The average molecular weight is 387 g/mol. The maximum absolute atomic E-state index is 10.0. The second-order valence-corrected chi connectivity index (χ2v) is 7.32. The fourth-order valence-corrected chi connectivity index (χ4v) is 3.77. The molecule has 0 aliphatic carbocycles. The van der Waals surface area contributed by atoms with Gasteiger partial charge in [-0.3, -0.25) is 4.90 Å². The Morgan fingerprint density at radius 3 is 2.11 bits per heavy atom. The van der Waals surface area contributed by atoms with Gasteiger partial charge in [0.1, 0.15) is 18.0 Å². The average Bonchev–Trinajstić information content (AvgIpc) is 2.73. The molecule has 4 atom stereocenters. The molecule has 1 aliphatic rings. The fourth-order valence-electron chi connectivity index (χ4n) is 3.77. The van der Waals surface area contributed by atoms with Gasteiger partial charge in [-0.1, -0.05) is 36.4 Å². The van der Waals surface area contributed by atoms with Crippen molar-refractivity contribution in [3.63, 3.8) is 0 Å². The van der Waals surface area contributed by atoms with Crippen molar-refractivity contribution in [3.8, 4) is 16.9 Å². The number of β-amino-alcohol motifs (C(OH)–C–C–N with tert-alkyl or cyclic N) is 1. The lowest BCUT2D eigenvalue weighted by atomic mass is 9.94. The van der Waals surface area contributed by atoms with Gasteiger partial charge in [-0.15, -0.1) is 0 Å². The Morgan fingerprint density at radius 2 is 1.54 bits per heavy atom. The van der Waals surface area contributed by atoms with Crippen LogP contribution in [0.5, 0.6) is 5.75 Å². The quantitative estimate of drug-likeness (QED) is 0.568. The molecule has 0 saturated carbocycles. The van der Waals surface area contributed by atoms with Crippen LogP contribution in [-0.4, -0.2) is 76.5 Å². The van der Waals surface area contributed by atoms with E-state index in [0.717, 1.165) is 29.7 Å². The Balaban J connectivity index is 1.54. The number of likely N-dealkylation sites (tertiary alicyclic amines) is 1. The van der Waals surface area contributed by atoms with Crippen LogP contribution in [0, 0.1) is 0 Å². The highest BCUT2D eigenvalue weighted by Crippen LogP contribution is 2.23. The summed E-state index contributed by atoms with van der Waals surface area (Å²) in [6.07, 6.45) is -1.67. The second-order valence-electron chi connectivity index (χ2n) is 7.32. The van der Waals surface area contributed by atoms with Gasteiger partial charge in [-0.05, 0) is 48.2 Å². The van der Waals surface area contributed by atoms with E-state index in [9.17, 15) is 20.4 Å². The lowest BCUT2D eigenvalue weighted by Crippen LogP contribution is -2.62. The molecular weight excluding hydrogens is 358 g/mol. The molecule has 2 aromatic carbocycles. The molecule has 0 amide bonds. The van der Waals surface area contributed by atoms with Crippen molar-refractivity contribution in [2.24, 2.45) is 0 Å². The smallest absolute Gasteiger partial charge is 0.118 e. The first-order valence-corrected chi connectivity index (χ1v) is 9.66. The summed E-state index contributed by atoms with van der Waals surface area (Å²) in [7, 11) is 1.65. The van der Waals surface area contributed by atoms with Gasteiger partial charge in [0.15, 0.2) is 0 Å². The summed E-state index contributed by atoms with van der Waals surface area (Å²) < 4.78 is 5.19. The van der Waals surface area contributed by atoms with Crippen LogP contribution in [-0.2, 0) is 6.42 Å². The molecule has 6 heteroatoms. The number of hydrogen-bond donors (Lipinski definition) is 4. The Kier molecular flexibility index (Phi) is 7.04. The predicted molar refractivity (Wildman–Crippen MR) is 107 cm³/mol. The first-order valence-electron chi connectivity index (χ1n) is 9.66. The fraction of sp³-hybridized carbons (Fsp3) is 0.455. The summed E-state index contributed by atoms with van der Waals surface area (Å²) in [6.45, 7) is 0.633. The highest BCUT2D eigenvalue weighted by molar-refractivity contribution is 5.64. The predicted octanol–water partition coefficient (Wildman–Crippen LogP) is 1.05. The van der Waals surface area contributed by atoms with Crippen molar-refractivity contribution in [1.82, 2.24) is 4.90 Å². The normalized spacial score (nSPS) is 25.6. The van der Waals surface area contributed by atoms with Gasteiger partial charge in [0.05, 0.1) is 25.9 Å². The number of aryl methyl sites for hydroxylation is 1. The number of ether oxygens (including phenoxy) is 1. The van der Waals surface area contributed by atoms with E-state index < -0.39 is 24.4 Å². The highest BCUT2D eigenvalue weighted by atomic mass is 16.5. The van der Waals surface area contributed by atoms with Crippen LogP contribution in [0.15, 0.2) is 48.5 Å². The van der Waals surface area contributed by atoms with E-state index >= 15 is 0 Å². The topological polar surface area (TPSA) is 93.4 Å². The number of aliphatic hydroxyl groups excluding tert-OH is 4. The zero-order valence-corrected chi connectivity index (χ0v) is 16.1. The van der Waals surface area contributed by atoms with Crippen molar-refractivity contribution >= 4 is 0 Å². The minimum atomic E-state index is -1.21. The van der Waals surface area contributed by atoms with Crippen LogP contribution in [0.25, 0.3) is 11.1 Å². The molecule has 1 saturated heterocycles. The third-order valence-electron chi connectivity index (χ3n) is 5.50. The maximum Gasteiger partial charge on any atom is 0.118 e. The number of benzene rings is 2. The molecule has 152 valence electrons. The number of hydrogen-bond acceptors (Lipinski definition) is 6. The van der Waals surface area contributed by atoms with Gasteiger partial charge in [-0.2, -0.15) is 0 Å². The van der Waals surface area contributed by atoms with Crippen LogP contribution in [0.4, 0.5) is 0 Å². The first-order chi connectivity index (χ1) is 13.5. The molecule has 0 radical (unpaired) electrons. The molecular formula is C22H29NO5. The van der Waals surface area contributed by atoms with Gasteiger partial charge < -0.3 is 25.2 Å². The van der Waals surface area contributed by atoms with E-state index in [1.807, 2.05) is 29.2 Å². The van der Waals surface area contributed by atoms with Gasteiger partial charge in [0.25, 0.3) is 0 Å². The van der Waals surface area contributed by atoms with E-state index in [-0.39, 0.29) is 13.2 Å². The minimum absolute atomic E-state index is 0.249. The molecule has 28 heavy (non-hydrogen) atoms. The molecule has 0 aromatic heterocycles. The lowest BCUT2D eigenvalue weighted by Gasteiger charge is -2.43. The third-order valence-corrected chi connectivity index (χ3v) is 5.50. The summed E-state index contributed by atoms with van der Waals surface area (Å²) >= 11 is 0. The molecule has 0 spiro atoms. The SMILES string of the molecule is COc1ccc(-c2ccc(CCCN3C[C@H](O)[C@@H](O)[C@H](O)[C@H]3CO)cc2)cc1. The summed E-state index contributed by atoms with van der Waals surface area (Å²) in [5.41, 5.74) is 3.48. The molecule has 1 aliphatic heterocycles. The van der Waals surface area contributed by atoms with E-state index in [1.54, 1.807) is 7.11 Å². The van der Waals surface area contributed by atoms with Crippen molar-refractivity contribution in [1.29, 1.82) is 0 Å². The maximum atomic E-state index is 10.0. The molecule has 4 N–H and O–H groups in total. The van der Waals surface area contributed by atoms with Crippen molar-refractivity contribution < 1.29 is 25.2 Å². The van der Waals surface area contributed by atoms with Gasteiger partial charge >= 0.3 is 0 Å². The van der Waals surface area contributed by atoms with Crippen molar-refractivity contribution in [2.45, 2.75) is 37.2 Å². The molecule has 0 unspecified atom stereocenters. The number of nitrogens with zero attached hydrogens (tertiary/aromatic N) is 1. The van der Waals surface area contributed by atoms with Crippen LogP contribution < -0.4 is 4.74 Å². The standard InChI is InChI=1S/C22H29NO5/c1-28-18-10-8-17(9-11-18)16-6-4-15(5-7-16)3-2-12-23-13-20(25)22(27)21(26)19(23)14-24/h4-11,19-22,24-27H,2-3,12-14H2,1H3/t19-,20+,21-,22-/m1/s1. The molecule has 0 bridgehead atoms. The second kappa shape index (κ2) is 9.49. The Hall–Kier alpha value is -1.96. The summed E-state index contributed by atoms with van der Waals surface area (Å²) in [5, 5.41) is 39.2. The lowest BCUT2D eigenvalue weighted by molar-refractivity contribution is -0.145. The Morgan fingerprint density at radius 1 is 0.929 bits per heavy atom. The molecule has 6 nitrogen and oxygen atoms in total. The van der Waals surface area contributed by atoms with E-state index in [1.165, 1.54) is 5.56 Å². The molecule has 2 aromatic rings. The van der Waals surface area contributed by atoms with E-state index in [0.29, 0.717) is 6.54 Å². The Labute approximate surface area is 165 Å². The van der Waals surface area contributed by atoms with Crippen LogP contribution in [0.1, 0.15) is 12.0 Å². The molecule has 1 fully saturated rings. The third kappa shape index (κ3) is 4.71.